The van der Waals surface area contributed by atoms with Crippen LogP contribution in [-0.2, 0) is 0 Å². The highest BCUT2D eigenvalue weighted by molar-refractivity contribution is 6.30. The normalized spacial score (nSPS) is 10.6. The molecule has 0 unspecified atom stereocenters. The monoisotopic (exact) mass is 399 g/mol. The molecule has 7 heteroatoms. The smallest absolute Gasteiger partial charge is 0.270 e. The third-order valence-electron chi connectivity index (χ3n) is 4.21. The topological polar surface area (TPSA) is 65.4 Å². The van der Waals surface area contributed by atoms with E-state index in [1.165, 1.54) is 0 Å². The van der Waals surface area contributed by atoms with Crippen molar-refractivity contribution in [2.45, 2.75) is 13.3 Å². The van der Waals surface area contributed by atoms with Crippen molar-refractivity contribution in [2.75, 3.05) is 20.8 Å². The van der Waals surface area contributed by atoms with Gasteiger partial charge in [0.05, 0.1) is 25.6 Å². The summed E-state index contributed by atoms with van der Waals surface area (Å²) >= 11 is 6.14. The van der Waals surface area contributed by atoms with E-state index in [0.717, 1.165) is 12.0 Å². The fraction of sp³-hybridized carbons (Fsp3) is 0.238. The molecule has 28 heavy (non-hydrogen) atoms. The molecule has 2 aromatic carbocycles. The molecule has 1 amide bonds. The lowest BCUT2D eigenvalue weighted by atomic mass is 10.1. The van der Waals surface area contributed by atoms with E-state index in [-0.39, 0.29) is 5.91 Å². The van der Waals surface area contributed by atoms with Gasteiger partial charge < -0.3 is 14.8 Å². The molecule has 0 atom stereocenters. The van der Waals surface area contributed by atoms with Crippen LogP contribution in [0.1, 0.15) is 23.8 Å². The van der Waals surface area contributed by atoms with Gasteiger partial charge in [-0.15, -0.1) is 0 Å². The maximum absolute atomic E-state index is 12.7. The van der Waals surface area contributed by atoms with E-state index in [9.17, 15) is 4.79 Å². The summed E-state index contributed by atoms with van der Waals surface area (Å²) in [4.78, 5) is 12.7. The molecule has 0 fully saturated rings. The molecule has 0 bridgehead atoms. The number of carbonyl (C=O) groups is 1. The first-order chi connectivity index (χ1) is 13.6. The third kappa shape index (κ3) is 4.12. The van der Waals surface area contributed by atoms with Crippen molar-refractivity contribution in [3.8, 4) is 28.4 Å². The van der Waals surface area contributed by atoms with Gasteiger partial charge in [0.25, 0.3) is 5.91 Å². The van der Waals surface area contributed by atoms with Gasteiger partial charge in [0.15, 0.2) is 0 Å². The van der Waals surface area contributed by atoms with Crippen LogP contribution in [0.3, 0.4) is 0 Å². The summed E-state index contributed by atoms with van der Waals surface area (Å²) in [6.07, 6.45) is 0.843. The Hall–Kier alpha value is -2.99. The lowest BCUT2D eigenvalue weighted by molar-refractivity contribution is 0.0946. The van der Waals surface area contributed by atoms with Gasteiger partial charge in [0, 0.05) is 23.2 Å². The Labute approximate surface area is 169 Å². The maximum atomic E-state index is 12.7. The molecule has 0 aliphatic rings. The Morgan fingerprint density at radius 1 is 1.14 bits per heavy atom. The number of methoxy groups -OCH3 is 2. The number of halogens is 1. The molecule has 0 saturated carbocycles. The summed E-state index contributed by atoms with van der Waals surface area (Å²) in [7, 11) is 3.18. The van der Waals surface area contributed by atoms with Gasteiger partial charge in [0.1, 0.15) is 17.2 Å². The van der Waals surface area contributed by atoms with Crippen LogP contribution in [0.15, 0.2) is 48.5 Å². The SMILES string of the molecule is CCCNC(=O)c1cc(-c2ccc(OC)cc2OC)nn1-c1cccc(Cl)c1. The second kappa shape index (κ2) is 8.80. The average Bonchev–Trinajstić information content (AvgIpc) is 3.16. The van der Waals surface area contributed by atoms with Gasteiger partial charge >= 0.3 is 0 Å². The van der Waals surface area contributed by atoms with Crippen LogP contribution in [0.2, 0.25) is 5.02 Å². The van der Waals surface area contributed by atoms with Crippen LogP contribution in [0.5, 0.6) is 11.5 Å². The van der Waals surface area contributed by atoms with Gasteiger partial charge in [-0.1, -0.05) is 24.6 Å². The van der Waals surface area contributed by atoms with E-state index in [4.69, 9.17) is 21.1 Å². The quantitative estimate of drug-likeness (QED) is 0.641. The minimum absolute atomic E-state index is 0.201. The van der Waals surface area contributed by atoms with Crippen LogP contribution in [0.25, 0.3) is 16.9 Å². The van der Waals surface area contributed by atoms with Crippen LogP contribution in [0, 0.1) is 0 Å². The van der Waals surface area contributed by atoms with Crippen LogP contribution >= 0.6 is 11.6 Å². The molecular weight excluding hydrogens is 378 g/mol. The van der Waals surface area contributed by atoms with E-state index < -0.39 is 0 Å². The molecular formula is C21H22ClN3O3. The van der Waals surface area contributed by atoms with Crippen molar-refractivity contribution in [3.63, 3.8) is 0 Å². The zero-order valence-electron chi connectivity index (χ0n) is 16.0. The third-order valence-corrected chi connectivity index (χ3v) is 4.45. The Morgan fingerprint density at radius 2 is 1.96 bits per heavy atom. The van der Waals surface area contributed by atoms with Crippen LogP contribution < -0.4 is 14.8 Å². The lowest BCUT2D eigenvalue weighted by Gasteiger charge is -2.09. The molecule has 0 aliphatic heterocycles. The van der Waals surface area contributed by atoms with Gasteiger partial charge in [-0.3, -0.25) is 4.79 Å². The molecule has 1 heterocycles. The number of carbonyl (C=O) groups excluding carboxylic acids is 1. The predicted octanol–water partition coefficient (Wildman–Crippen LogP) is 4.35. The molecule has 0 spiro atoms. The molecule has 1 N–H and O–H groups in total. The summed E-state index contributed by atoms with van der Waals surface area (Å²) < 4.78 is 12.3. The van der Waals surface area contributed by atoms with E-state index in [0.29, 0.717) is 40.1 Å². The number of nitrogens with one attached hydrogen (secondary N) is 1. The molecule has 6 nitrogen and oxygen atoms in total. The van der Waals surface area contributed by atoms with Gasteiger partial charge in [-0.05, 0) is 42.8 Å². The number of aromatic nitrogens is 2. The molecule has 3 rings (SSSR count). The van der Waals surface area contributed by atoms with Crippen molar-refractivity contribution in [1.29, 1.82) is 0 Å². The zero-order chi connectivity index (χ0) is 20.1. The zero-order valence-corrected chi connectivity index (χ0v) is 16.8. The summed E-state index contributed by atoms with van der Waals surface area (Å²) in [5.41, 5.74) is 2.49. The minimum atomic E-state index is -0.201. The van der Waals surface area contributed by atoms with Crippen molar-refractivity contribution >= 4 is 17.5 Å². The summed E-state index contributed by atoms with van der Waals surface area (Å²) in [5.74, 6) is 1.08. The van der Waals surface area contributed by atoms with Crippen LogP contribution in [0.4, 0.5) is 0 Å². The highest BCUT2D eigenvalue weighted by Crippen LogP contribution is 2.33. The molecule has 1 aromatic heterocycles. The maximum Gasteiger partial charge on any atom is 0.270 e. The number of amides is 1. The summed E-state index contributed by atoms with van der Waals surface area (Å²) in [6.45, 7) is 2.59. The van der Waals surface area contributed by atoms with Crippen molar-refractivity contribution in [2.24, 2.45) is 0 Å². The first-order valence-corrected chi connectivity index (χ1v) is 9.31. The summed E-state index contributed by atoms with van der Waals surface area (Å²) in [6, 6.07) is 14.4. The Morgan fingerprint density at radius 3 is 2.64 bits per heavy atom. The summed E-state index contributed by atoms with van der Waals surface area (Å²) in [5, 5.41) is 8.13. The number of benzene rings is 2. The van der Waals surface area contributed by atoms with Gasteiger partial charge in [0.2, 0.25) is 0 Å². The fourth-order valence-corrected chi connectivity index (χ4v) is 3.00. The van der Waals surface area contributed by atoms with Crippen LogP contribution in [-0.4, -0.2) is 36.5 Å². The molecule has 0 saturated heterocycles. The minimum Gasteiger partial charge on any atom is -0.497 e. The van der Waals surface area contributed by atoms with E-state index in [1.807, 2.05) is 31.2 Å². The van der Waals surface area contributed by atoms with Gasteiger partial charge in [-0.2, -0.15) is 5.10 Å². The Balaban J connectivity index is 2.12. The lowest BCUT2D eigenvalue weighted by Crippen LogP contribution is -2.26. The Kier molecular flexibility index (Phi) is 6.21. The fourth-order valence-electron chi connectivity index (χ4n) is 2.82. The highest BCUT2D eigenvalue weighted by Gasteiger charge is 2.19. The van der Waals surface area contributed by atoms with Crippen molar-refractivity contribution in [1.82, 2.24) is 15.1 Å². The number of ether oxygens (including phenoxy) is 2. The van der Waals surface area contributed by atoms with Crippen molar-refractivity contribution in [3.05, 3.63) is 59.2 Å². The standard InChI is InChI=1S/C21H22ClN3O3/c1-4-10-23-21(26)19-13-18(17-9-8-16(27-2)12-20(17)28-3)24-25(19)15-7-5-6-14(22)11-15/h5-9,11-13H,4,10H2,1-3H3,(H,23,26). The number of nitrogens with zero attached hydrogens (tertiary/aromatic N) is 2. The van der Waals surface area contributed by atoms with E-state index in [1.54, 1.807) is 43.2 Å². The molecule has 0 aliphatic carbocycles. The first-order valence-electron chi connectivity index (χ1n) is 8.94. The van der Waals surface area contributed by atoms with E-state index >= 15 is 0 Å². The average molecular weight is 400 g/mol. The molecule has 3 aromatic rings. The Bertz CT molecular complexity index is 985. The van der Waals surface area contributed by atoms with Gasteiger partial charge in [-0.25, -0.2) is 4.68 Å². The molecule has 0 radical (unpaired) electrons. The predicted molar refractivity (Wildman–Crippen MR) is 110 cm³/mol. The van der Waals surface area contributed by atoms with E-state index in [2.05, 4.69) is 10.4 Å². The second-order valence-corrected chi connectivity index (χ2v) is 6.57. The number of hydrogen-bond acceptors (Lipinski definition) is 4. The van der Waals surface area contributed by atoms with Crippen molar-refractivity contribution < 1.29 is 14.3 Å². The number of hydrogen-bond donors (Lipinski definition) is 1. The second-order valence-electron chi connectivity index (χ2n) is 6.13. The highest BCUT2D eigenvalue weighted by atomic mass is 35.5. The first kappa shape index (κ1) is 19.8. The number of rotatable bonds is 7. The largest absolute Gasteiger partial charge is 0.497 e. The molecule has 146 valence electrons.